The van der Waals surface area contributed by atoms with Gasteiger partial charge in [-0.15, -0.1) is 11.3 Å². The highest BCUT2D eigenvalue weighted by molar-refractivity contribution is 7.18. The first kappa shape index (κ1) is 20.8. The second-order valence-corrected chi connectivity index (χ2v) is 8.25. The number of amides is 1. The minimum Gasteiger partial charge on any atom is -0.347 e. The molecule has 0 bridgehead atoms. The van der Waals surface area contributed by atoms with Crippen LogP contribution in [0.2, 0.25) is 9.36 Å². The predicted octanol–water partition coefficient (Wildman–Crippen LogP) is 4.38. The molecule has 3 aromatic rings. The molecule has 0 radical (unpaired) electrons. The summed E-state index contributed by atoms with van der Waals surface area (Å²) in [6.45, 7) is 2.83. The maximum atomic E-state index is 13.1. The molecular weight excluding hydrogens is 422 g/mol. The highest BCUT2D eigenvalue weighted by Crippen LogP contribution is 2.39. The Morgan fingerprint density at radius 1 is 1.36 bits per heavy atom. The van der Waals surface area contributed by atoms with Crippen LogP contribution in [-0.2, 0) is 13.0 Å². The molecule has 3 rings (SSSR count). The number of nitrogens with zero attached hydrogens (tertiary/aromatic N) is 2. The molecule has 3 N–H and O–H groups in total. The van der Waals surface area contributed by atoms with Gasteiger partial charge in [0.1, 0.15) is 10.2 Å². The van der Waals surface area contributed by atoms with Crippen molar-refractivity contribution in [2.24, 2.45) is 5.73 Å². The molecule has 0 fully saturated rings. The first-order valence-electron chi connectivity index (χ1n) is 8.69. The van der Waals surface area contributed by atoms with Crippen LogP contribution in [0.1, 0.15) is 22.2 Å². The Kier molecular flexibility index (Phi) is 6.72. The monoisotopic (exact) mass is 440 g/mol. The van der Waals surface area contributed by atoms with Crippen LogP contribution in [0.25, 0.3) is 11.3 Å². The van der Waals surface area contributed by atoms with Gasteiger partial charge in [-0.05, 0) is 37.1 Å². The number of halogens is 3. The van der Waals surface area contributed by atoms with E-state index >= 15 is 0 Å². The predicted molar refractivity (Wildman–Crippen MR) is 112 cm³/mol. The van der Waals surface area contributed by atoms with Crippen molar-refractivity contribution in [1.82, 2.24) is 15.1 Å². The number of carbonyl (C=O) groups is 1. The number of aromatic nitrogens is 2. The summed E-state index contributed by atoms with van der Waals surface area (Å²) in [7, 11) is 0. The van der Waals surface area contributed by atoms with Gasteiger partial charge in [-0.25, -0.2) is 4.39 Å². The van der Waals surface area contributed by atoms with E-state index in [4.69, 9.17) is 28.9 Å². The number of nitrogens with two attached hydrogens (primary N) is 1. The normalized spacial score (nSPS) is 12.2. The molecule has 2 aromatic heterocycles. The van der Waals surface area contributed by atoms with Gasteiger partial charge in [0, 0.05) is 24.7 Å². The van der Waals surface area contributed by atoms with Gasteiger partial charge in [-0.2, -0.15) is 5.10 Å². The van der Waals surface area contributed by atoms with Gasteiger partial charge in [0.15, 0.2) is 0 Å². The fourth-order valence-electron chi connectivity index (χ4n) is 2.87. The molecule has 5 nitrogen and oxygen atoms in total. The van der Waals surface area contributed by atoms with Crippen LogP contribution in [0.4, 0.5) is 4.39 Å². The first-order valence-corrected chi connectivity index (χ1v) is 10.3. The third kappa shape index (κ3) is 4.55. The van der Waals surface area contributed by atoms with Crippen LogP contribution in [0.15, 0.2) is 36.5 Å². The van der Waals surface area contributed by atoms with Gasteiger partial charge in [0.05, 0.1) is 21.8 Å². The Hall–Kier alpha value is -1.93. The summed E-state index contributed by atoms with van der Waals surface area (Å²) in [6.07, 6.45) is 2.06. The van der Waals surface area contributed by atoms with Gasteiger partial charge < -0.3 is 11.1 Å². The maximum absolute atomic E-state index is 13.1. The Labute approximate surface area is 176 Å². The summed E-state index contributed by atoms with van der Waals surface area (Å²) >= 11 is 13.8. The Morgan fingerprint density at radius 2 is 2.07 bits per heavy atom. The summed E-state index contributed by atoms with van der Waals surface area (Å²) in [6, 6.07) is 7.55. The van der Waals surface area contributed by atoms with Crippen LogP contribution in [0, 0.1) is 5.82 Å². The van der Waals surface area contributed by atoms with Crippen molar-refractivity contribution in [3.63, 3.8) is 0 Å². The van der Waals surface area contributed by atoms with Gasteiger partial charge in [-0.3, -0.25) is 9.48 Å². The van der Waals surface area contributed by atoms with E-state index in [9.17, 15) is 9.18 Å². The van der Waals surface area contributed by atoms with Gasteiger partial charge in [0.25, 0.3) is 5.91 Å². The number of aryl methyl sites for hydroxylation is 1. The second-order valence-electron chi connectivity index (χ2n) is 6.19. The van der Waals surface area contributed by atoms with Crippen molar-refractivity contribution in [1.29, 1.82) is 0 Å². The lowest BCUT2D eigenvalue weighted by Crippen LogP contribution is -2.41. The third-order valence-corrected chi connectivity index (χ3v) is 5.91. The van der Waals surface area contributed by atoms with E-state index in [-0.39, 0.29) is 24.3 Å². The average Bonchev–Trinajstić information content (AvgIpc) is 3.24. The lowest BCUT2D eigenvalue weighted by atomic mass is 10.1. The lowest BCUT2D eigenvalue weighted by Gasteiger charge is -2.16. The van der Waals surface area contributed by atoms with Gasteiger partial charge in [-0.1, -0.05) is 35.3 Å². The SMILES string of the molecule is CCn1ncc(Cl)c1-c1cc(C(=O)N[C@H](CN)Cc2ccc(F)cc2)sc1Cl. The second kappa shape index (κ2) is 9.05. The molecule has 1 aromatic carbocycles. The molecule has 2 heterocycles. The Bertz CT molecular complexity index is 971. The number of thiophene rings is 1. The highest BCUT2D eigenvalue weighted by Gasteiger charge is 2.21. The molecular formula is C19H19Cl2FN4OS. The number of benzene rings is 1. The van der Waals surface area contributed by atoms with Crippen molar-refractivity contribution in [3.8, 4) is 11.3 Å². The molecule has 9 heteroatoms. The molecule has 1 amide bonds. The van der Waals surface area contributed by atoms with Crippen molar-refractivity contribution in [2.75, 3.05) is 6.54 Å². The largest absolute Gasteiger partial charge is 0.347 e. The molecule has 0 saturated heterocycles. The molecule has 0 unspecified atom stereocenters. The number of nitrogens with one attached hydrogen (secondary N) is 1. The molecule has 148 valence electrons. The van der Waals surface area contributed by atoms with Crippen LogP contribution in [0.5, 0.6) is 0 Å². The standard InChI is InChI=1S/C19H19Cl2FN4OS/c1-2-26-17(15(20)10-24-26)14-8-16(28-18(14)21)19(27)25-13(9-23)7-11-3-5-12(22)6-4-11/h3-6,8,10,13H,2,7,9,23H2,1H3,(H,25,27)/t13-/m0/s1. The van der Waals surface area contributed by atoms with Crippen molar-refractivity contribution < 1.29 is 9.18 Å². The fourth-order valence-corrected chi connectivity index (χ4v) is 4.29. The Morgan fingerprint density at radius 3 is 2.71 bits per heavy atom. The summed E-state index contributed by atoms with van der Waals surface area (Å²) in [5, 5.41) is 7.60. The minimum absolute atomic E-state index is 0.253. The molecule has 0 aliphatic rings. The third-order valence-electron chi connectivity index (χ3n) is 4.28. The number of rotatable bonds is 7. The zero-order valence-corrected chi connectivity index (χ0v) is 17.4. The highest BCUT2D eigenvalue weighted by atomic mass is 35.5. The lowest BCUT2D eigenvalue weighted by molar-refractivity contribution is 0.0942. The van der Waals surface area contributed by atoms with E-state index < -0.39 is 0 Å². The smallest absolute Gasteiger partial charge is 0.261 e. The minimum atomic E-state index is -0.303. The van der Waals surface area contributed by atoms with Crippen LogP contribution in [0.3, 0.4) is 0 Å². The number of carbonyl (C=O) groups excluding carboxylic acids is 1. The number of hydrogen-bond donors (Lipinski definition) is 2. The van der Waals surface area contributed by atoms with E-state index in [0.29, 0.717) is 38.5 Å². The van der Waals surface area contributed by atoms with Crippen molar-refractivity contribution in [2.45, 2.75) is 25.9 Å². The van der Waals surface area contributed by atoms with E-state index in [1.54, 1.807) is 29.1 Å². The van der Waals surface area contributed by atoms with Crippen LogP contribution >= 0.6 is 34.5 Å². The summed E-state index contributed by atoms with van der Waals surface area (Å²) in [4.78, 5) is 13.2. The molecule has 28 heavy (non-hydrogen) atoms. The van der Waals surface area contributed by atoms with Crippen molar-refractivity contribution >= 4 is 40.4 Å². The quantitative estimate of drug-likeness (QED) is 0.572. The van der Waals surface area contributed by atoms with Crippen molar-refractivity contribution in [3.05, 3.63) is 62.1 Å². The molecule has 0 aliphatic carbocycles. The molecule has 0 saturated carbocycles. The summed E-state index contributed by atoms with van der Waals surface area (Å²) in [5.41, 5.74) is 8.05. The van der Waals surface area contributed by atoms with E-state index in [1.165, 1.54) is 23.5 Å². The van der Waals surface area contributed by atoms with Gasteiger partial charge >= 0.3 is 0 Å². The molecule has 1 atom stereocenters. The summed E-state index contributed by atoms with van der Waals surface area (Å²) in [5.74, 6) is -0.572. The average molecular weight is 441 g/mol. The first-order chi connectivity index (χ1) is 13.4. The molecule has 0 aliphatic heterocycles. The zero-order chi connectivity index (χ0) is 20.3. The number of hydrogen-bond acceptors (Lipinski definition) is 4. The molecule has 0 spiro atoms. The Balaban J connectivity index is 1.77. The maximum Gasteiger partial charge on any atom is 0.261 e. The van der Waals surface area contributed by atoms with Crippen LogP contribution in [-0.4, -0.2) is 28.3 Å². The zero-order valence-electron chi connectivity index (χ0n) is 15.1. The van der Waals surface area contributed by atoms with E-state index in [1.807, 2.05) is 6.92 Å². The van der Waals surface area contributed by atoms with Gasteiger partial charge in [0.2, 0.25) is 0 Å². The fraction of sp³-hybridized carbons (Fsp3) is 0.263. The van der Waals surface area contributed by atoms with E-state index in [2.05, 4.69) is 10.4 Å². The van der Waals surface area contributed by atoms with E-state index in [0.717, 1.165) is 5.56 Å². The summed E-state index contributed by atoms with van der Waals surface area (Å²) < 4.78 is 15.2. The van der Waals surface area contributed by atoms with Crippen LogP contribution < -0.4 is 11.1 Å². The topological polar surface area (TPSA) is 72.9 Å².